The summed E-state index contributed by atoms with van der Waals surface area (Å²) in [7, 11) is 2.19. The van der Waals surface area contributed by atoms with Crippen molar-refractivity contribution < 1.29 is 10.0 Å². The number of benzene rings is 2. The molecule has 1 heterocycles. The lowest BCUT2D eigenvalue weighted by atomic mass is 10.1. The number of phenols is 1. The number of hydrogen-bond acceptors (Lipinski definition) is 5. The van der Waals surface area contributed by atoms with Crippen LogP contribution in [-0.4, -0.2) is 46.5 Å². The number of nitrogens with zero attached hydrogens (tertiary/aromatic N) is 3. The van der Waals surface area contributed by atoms with Crippen molar-refractivity contribution in [2.24, 2.45) is 0 Å². The van der Waals surface area contributed by atoms with Crippen LogP contribution in [0.3, 0.4) is 0 Å². The van der Waals surface area contributed by atoms with E-state index in [2.05, 4.69) is 55.0 Å². The van der Waals surface area contributed by atoms with Crippen molar-refractivity contribution in [2.75, 3.05) is 26.7 Å². The summed E-state index contributed by atoms with van der Waals surface area (Å²) < 4.78 is 0. The summed E-state index contributed by atoms with van der Waals surface area (Å²) in [6.07, 6.45) is 4.28. The van der Waals surface area contributed by atoms with Crippen LogP contribution in [0, 0.1) is 17.0 Å². The maximum absolute atomic E-state index is 10.9. The van der Waals surface area contributed by atoms with Crippen LogP contribution in [0.1, 0.15) is 42.9 Å². The van der Waals surface area contributed by atoms with Crippen molar-refractivity contribution in [3.8, 4) is 5.75 Å². The number of phenolic OH excluding ortho intramolecular Hbond substituents is 1. The molecule has 6 nitrogen and oxygen atoms in total. The second-order valence-electron chi connectivity index (χ2n) is 7.73. The van der Waals surface area contributed by atoms with Crippen molar-refractivity contribution in [2.45, 2.75) is 46.2 Å². The SMILES string of the molecule is CCN(Cc1ccc(C)cc1)Cc1ccc(O)c([N+](=O)[O-])c1.CN1CCCCC1. The number of hydrogen-bond donors (Lipinski definition) is 1. The minimum absolute atomic E-state index is 0.246. The Labute approximate surface area is 173 Å². The molecule has 0 saturated carbocycles. The highest BCUT2D eigenvalue weighted by Gasteiger charge is 2.15. The minimum atomic E-state index is -0.560. The molecule has 29 heavy (non-hydrogen) atoms. The quantitative estimate of drug-likeness (QED) is 0.561. The Hall–Kier alpha value is -2.44. The van der Waals surface area contributed by atoms with Gasteiger partial charge in [-0.25, -0.2) is 0 Å². The van der Waals surface area contributed by atoms with Crippen LogP contribution < -0.4 is 0 Å². The number of rotatable bonds is 6. The lowest BCUT2D eigenvalue weighted by Gasteiger charge is -2.20. The maximum Gasteiger partial charge on any atom is 0.311 e. The van der Waals surface area contributed by atoms with Crippen LogP contribution in [0.25, 0.3) is 0 Å². The second kappa shape index (κ2) is 11.5. The third-order valence-corrected chi connectivity index (χ3v) is 5.20. The summed E-state index contributed by atoms with van der Waals surface area (Å²) in [6.45, 7) is 8.97. The zero-order valence-electron chi connectivity index (χ0n) is 17.8. The summed E-state index contributed by atoms with van der Waals surface area (Å²) in [5.74, 6) is -0.296. The first-order valence-corrected chi connectivity index (χ1v) is 10.3. The number of aryl methyl sites for hydroxylation is 1. The van der Waals surface area contributed by atoms with Crippen LogP contribution in [0.5, 0.6) is 5.75 Å². The van der Waals surface area contributed by atoms with Gasteiger partial charge >= 0.3 is 5.69 Å². The van der Waals surface area contributed by atoms with Crippen LogP contribution in [0.2, 0.25) is 0 Å². The van der Waals surface area contributed by atoms with Gasteiger partial charge in [-0.1, -0.05) is 49.2 Å². The van der Waals surface area contributed by atoms with E-state index in [1.54, 1.807) is 6.07 Å². The Balaban J connectivity index is 0.000000360. The zero-order chi connectivity index (χ0) is 21.2. The Morgan fingerprint density at radius 1 is 1.03 bits per heavy atom. The van der Waals surface area contributed by atoms with Crippen molar-refractivity contribution in [3.05, 3.63) is 69.3 Å². The third-order valence-electron chi connectivity index (χ3n) is 5.20. The number of aromatic hydroxyl groups is 1. The van der Waals surface area contributed by atoms with E-state index in [1.165, 1.54) is 55.6 Å². The highest BCUT2D eigenvalue weighted by atomic mass is 16.6. The van der Waals surface area contributed by atoms with Gasteiger partial charge in [0.05, 0.1) is 4.92 Å². The lowest BCUT2D eigenvalue weighted by Crippen LogP contribution is -2.24. The van der Waals surface area contributed by atoms with E-state index < -0.39 is 4.92 Å². The fourth-order valence-corrected chi connectivity index (χ4v) is 3.36. The van der Waals surface area contributed by atoms with Gasteiger partial charge in [-0.2, -0.15) is 0 Å². The smallest absolute Gasteiger partial charge is 0.311 e. The lowest BCUT2D eigenvalue weighted by molar-refractivity contribution is -0.385. The Bertz CT molecular complexity index is 771. The molecule has 1 fully saturated rings. The molecule has 158 valence electrons. The summed E-state index contributed by atoms with van der Waals surface area (Å²) in [4.78, 5) is 14.9. The summed E-state index contributed by atoms with van der Waals surface area (Å²) >= 11 is 0. The molecular formula is C23H33N3O3. The molecule has 0 aromatic heterocycles. The van der Waals surface area contributed by atoms with Gasteiger partial charge in [0.2, 0.25) is 0 Å². The minimum Gasteiger partial charge on any atom is -0.502 e. The van der Waals surface area contributed by atoms with Crippen molar-refractivity contribution in [1.29, 1.82) is 0 Å². The van der Waals surface area contributed by atoms with Crippen LogP contribution >= 0.6 is 0 Å². The zero-order valence-corrected chi connectivity index (χ0v) is 17.8. The molecule has 0 atom stereocenters. The third kappa shape index (κ3) is 7.83. The van der Waals surface area contributed by atoms with Crippen molar-refractivity contribution in [1.82, 2.24) is 9.80 Å². The molecule has 2 aromatic carbocycles. The molecule has 1 aliphatic rings. The van der Waals surface area contributed by atoms with E-state index in [4.69, 9.17) is 0 Å². The monoisotopic (exact) mass is 399 g/mol. The van der Waals surface area contributed by atoms with Gasteiger partial charge < -0.3 is 10.0 Å². The highest BCUT2D eigenvalue weighted by Crippen LogP contribution is 2.27. The molecule has 2 aromatic rings. The molecule has 0 spiro atoms. The predicted octanol–water partition coefficient (Wildman–Crippen LogP) is 4.73. The molecule has 6 heteroatoms. The average molecular weight is 400 g/mol. The molecule has 0 radical (unpaired) electrons. The normalized spacial score (nSPS) is 14.3. The fraction of sp³-hybridized carbons (Fsp3) is 0.478. The number of nitro groups is 1. The Kier molecular flexibility index (Phi) is 9.09. The van der Waals surface area contributed by atoms with Gasteiger partial charge in [0.15, 0.2) is 5.75 Å². The van der Waals surface area contributed by atoms with Gasteiger partial charge in [0.1, 0.15) is 0 Å². The molecule has 0 aliphatic carbocycles. The predicted molar refractivity (Wildman–Crippen MR) is 117 cm³/mol. The number of likely N-dealkylation sites (tertiary alicyclic amines) is 1. The van der Waals surface area contributed by atoms with E-state index in [9.17, 15) is 15.2 Å². The molecule has 0 bridgehead atoms. The summed E-state index contributed by atoms with van der Waals surface area (Å²) in [6, 6.07) is 12.9. The first-order chi connectivity index (χ1) is 13.9. The molecule has 0 unspecified atom stereocenters. The average Bonchev–Trinajstić information content (AvgIpc) is 2.71. The standard InChI is InChI=1S/C17H20N2O3.C6H13N/c1-3-18(11-14-6-4-13(2)5-7-14)12-15-8-9-17(20)16(10-15)19(21)22;1-7-5-3-2-4-6-7/h4-10,20H,3,11-12H2,1-2H3;2-6H2,1H3. The van der Waals surface area contributed by atoms with E-state index in [0.29, 0.717) is 6.54 Å². The number of piperidine rings is 1. The molecule has 1 N–H and O–H groups in total. The van der Waals surface area contributed by atoms with E-state index in [0.717, 1.165) is 18.7 Å². The molecule has 3 rings (SSSR count). The van der Waals surface area contributed by atoms with Gasteiger partial charge in [0, 0.05) is 19.2 Å². The fourth-order valence-electron chi connectivity index (χ4n) is 3.36. The van der Waals surface area contributed by atoms with Gasteiger partial charge in [0.25, 0.3) is 0 Å². The van der Waals surface area contributed by atoms with Crippen molar-refractivity contribution in [3.63, 3.8) is 0 Å². The van der Waals surface area contributed by atoms with Crippen molar-refractivity contribution >= 4 is 5.69 Å². The van der Waals surface area contributed by atoms with E-state index in [1.807, 2.05) is 0 Å². The second-order valence-corrected chi connectivity index (χ2v) is 7.73. The van der Waals surface area contributed by atoms with E-state index >= 15 is 0 Å². The van der Waals surface area contributed by atoms with Gasteiger partial charge in [-0.15, -0.1) is 0 Å². The Morgan fingerprint density at radius 2 is 1.62 bits per heavy atom. The topological polar surface area (TPSA) is 69.8 Å². The Morgan fingerprint density at radius 3 is 2.14 bits per heavy atom. The van der Waals surface area contributed by atoms with E-state index in [-0.39, 0.29) is 11.4 Å². The van der Waals surface area contributed by atoms with Crippen LogP contribution in [-0.2, 0) is 13.1 Å². The first kappa shape index (κ1) is 22.8. The molecular weight excluding hydrogens is 366 g/mol. The van der Waals surface area contributed by atoms with Crippen LogP contribution in [0.15, 0.2) is 42.5 Å². The van der Waals surface area contributed by atoms with Gasteiger partial charge in [-0.3, -0.25) is 15.0 Å². The van der Waals surface area contributed by atoms with Gasteiger partial charge in [-0.05, 0) is 63.6 Å². The summed E-state index contributed by atoms with van der Waals surface area (Å²) in [5.41, 5.74) is 3.00. The molecule has 1 aliphatic heterocycles. The van der Waals surface area contributed by atoms with Crippen LogP contribution in [0.4, 0.5) is 5.69 Å². The highest BCUT2D eigenvalue weighted by molar-refractivity contribution is 5.47. The number of nitro benzene ring substituents is 1. The maximum atomic E-state index is 10.9. The summed E-state index contributed by atoms with van der Waals surface area (Å²) in [5, 5.41) is 20.4. The molecule has 1 saturated heterocycles. The largest absolute Gasteiger partial charge is 0.502 e. The first-order valence-electron chi connectivity index (χ1n) is 10.3. The molecule has 0 amide bonds.